The third kappa shape index (κ3) is 3.10. The smallest absolute Gasteiger partial charge is 0.0476 e. The van der Waals surface area contributed by atoms with Crippen molar-refractivity contribution in [1.29, 1.82) is 0 Å². The molecule has 0 bridgehead atoms. The van der Waals surface area contributed by atoms with E-state index in [2.05, 4.69) is 41.1 Å². The molecule has 0 aliphatic heterocycles. The topological polar surface area (TPSA) is 30.9 Å². The van der Waals surface area contributed by atoms with Crippen molar-refractivity contribution in [2.24, 2.45) is 5.73 Å². The molecule has 2 N–H and O–H groups in total. The molecule has 0 fully saturated rings. The number of nitrogens with zero attached hydrogens (tertiary/aromatic N) is 1. The number of hydrogen-bond acceptors (Lipinski definition) is 1. The predicted octanol–water partition coefficient (Wildman–Crippen LogP) is 2.90. The Bertz CT molecular complexity index is 345. The van der Waals surface area contributed by atoms with E-state index in [9.17, 15) is 0 Å². The summed E-state index contributed by atoms with van der Waals surface area (Å²) >= 11 is 0. The fourth-order valence-electron chi connectivity index (χ4n) is 1.63. The zero-order valence-electron chi connectivity index (χ0n) is 9.61. The van der Waals surface area contributed by atoms with Gasteiger partial charge in [0.1, 0.15) is 0 Å². The number of rotatable bonds is 5. The van der Waals surface area contributed by atoms with Crippen molar-refractivity contribution < 1.29 is 0 Å². The number of aromatic nitrogens is 1. The molecule has 1 aromatic rings. The minimum atomic E-state index is 0.742. The Morgan fingerprint density at radius 2 is 2.00 bits per heavy atom. The summed E-state index contributed by atoms with van der Waals surface area (Å²) in [4.78, 5) is 0. The van der Waals surface area contributed by atoms with Crippen LogP contribution in [-0.4, -0.2) is 11.1 Å². The third-order valence-electron chi connectivity index (χ3n) is 2.31. The molecule has 1 aromatic heterocycles. The van der Waals surface area contributed by atoms with Crippen LogP contribution in [0.1, 0.15) is 31.5 Å². The predicted molar refractivity (Wildman–Crippen MR) is 67.5 cm³/mol. The lowest BCUT2D eigenvalue weighted by atomic mass is 10.2. The first kappa shape index (κ1) is 11.8. The highest BCUT2D eigenvalue weighted by Gasteiger charge is 2.02. The number of nitrogens with two attached hydrogens (primary N) is 1. The van der Waals surface area contributed by atoms with Gasteiger partial charge < -0.3 is 10.3 Å². The maximum absolute atomic E-state index is 5.52. The van der Waals surface area contributed by atoms with Crippen molar-refractivity contribution in [2.45, 2.75) is 26.8 Å². The van der Waals surface area contributed by atoms with Gasteiger partial charge >= 0.3 is 0 Å². The van der Waals surface area contributed by atoms with Crippen LogP contribution < -0.4 is 5.73 Å². The van der Waals surface area contributed by atoms with Gasteiger partial charge in [-0.25, -0.2) is 0 Å². The first-order valence-corrected chi connectivity index (χ1v) is 5.48. The molecular formula is C13H20N2. The van der Waals surface area contributed by atoms with Gasteiger partial charge in [-0.1, -0.05) is 18.2 Å². The summed E-state index contributed by atoms with van der Waals surface area (Å²) in [7, 11) is 0. The summed E-state index contributed by atoms with van der Waals surface area (Å²) in [6.07, 6.45) is 11.6. The van der Waals surface area contributed by atoms with Crippen molar-refractivity contribution >= 4 is 12.2 Å². The molecule has 0 atom stereocenters. The second-order valence-electron chi connectivity index (χ2n) is 3.49. The minimum absolute atomic E-state index is 0.742. The van der Waals surface area contributed by atoms with E-state index in [0.29, 0.717) is 0 Å². The Morgan fingerprint density at radius 3 is 2.60 bits per heavy atom. The van der Waals surface area contributed by atoms with Crippen molar-refractivity contribution in [3.8, 4) is 0 Å². The summed E-state index contributed by atoms with van der Waals surface area (Å²) < 4.78 is 2.25. The quantitative estimate of drug-likeness (QED) is 0.785. The summed E-state index contributed by atoms with van der Waals surface area (Å²) in [5, 5.41) is 0. The van der Waals surface area contributed by atoms with Crippen LogP contribution in [0.15, 0.2) is 24.4 Å². The molecule has 15 heavy (non-hydrogen) atoms. The summed E-state index contributed by atoms with van der Waals surface area (Å²) in [5.41, 5.74) is 8.06. The van der Waals surface area contributed by atoms with Crippen molar-refractivity contribution in [3.05, 3.63) is 35.7 Å². The second-order valence-corrected chi connectivity index (χ2v) is 3.49. The van der Waals surface area contributed by atoms with Crippen LogP contribution in [0.3, 0.4) is 0 Å². The largest absolute Gasteiger partial charge is 0.347 e. The van der Waals surface area contributed by atoms with Crippen LogP contribution in [0.25, 0.3) is 12.2 Å². The van der Waals surface area contributed by atoms with Crippen LogP contribution in [0.5, 0.6) is 0 Å². The zero-order chi connectivity index (χ0) is 11.1. The molecule has 0 saturated carbocycles. The van der Waals surface area contributed by atoms with Crippen molar-refractivity contribution in [2.75, 3.05) is 6.54 Å². The van der Waals surface area contributed by atoms with Gasteiger partial charge in [0.15, 0.2) is 0 Å². The molecule has 2 heteroatoms. The normalized spacial score (nSPS) is 11.9. The molecule has 0 aliphatic carbocycles. The fraction of sp³-hybridized carbons (Fsp3) is 0.385. The average molecular weight is 204 g/mol. The molecule has 2 nitrogen and oxygen atoms in total. The monoisotopic (exact) mass is 204 g/mol. The average Bonchev–Trinajstić information content (AvgIpc) is 2.60. The van der Waals surface area contributed by atoms with Crippen LogP contribution in [-0.2, 0) is 6.54 Å². The van der Waals surface area contributed by atoms with Gasteiger partial charge in [-0.05, 0) is 44.5 Å². The lowest BCUT2D eigenvalue weighted by Crippen LogP contribution is -2.06. The molecule has 0 radical (unpaired) electrons. The maximum Gasteiger partial charge on any atom is 0.0476 e. The Balaban J connectivity index is 2.95. The van der Waals surface area contributed by atoms with Crippen LogP contribution >= 0.6 is 0 Å². The first-order valence-electron chi connectivity index (χ1n) is 5.48. The third-order valence-corrected chi connectivity index (χ3v) is 2.31. The van der Waals surface area contributed by atoms with Crippen molar-refractivity contribution in [1.82, 2.24) is 4.57 Å². The van der Waals surface area contributed by atoms with E-state index in [1.165, 1.54) is 11.3 Å². The van der Waals surface area contributed by atoms with Gasteiger partial charge in [0.25, 0.3) is 0 Å². The molecule has 0 amide bonds. The lowest BCUT2D eigenvalue weighted by molar-refractivity contribution is 0.649. The minimum Gasteiger partial charge on any atom is -0.347 e. The second kappa shape index (κ2) is 6.25. The van der Waals surface area contributed by atoms with E-state index >= 15 is 0 Å². The van der Waals surface area contributed by atoms with E-state index < -0.39 is 0 Å². The van der Waals surface area contributed by atoms with E-state index in [1.807, 2.05) is 13.8 Å². The summed E-state index contributed by atoms with van der Waals surface area (Å²) in [6.45, 7) is 5.82. The van der Waals surface area contributed by atoms with Crippen LogP contribution in [0.2, 0.25) is 0 Å². The van der Waals surface area contributed by atoms with E-state index in [0.717, 1.165) is 19.5 Å². The number of hydrogen-bond donors (Lipinski definition) is 1. The fourth-order valence-corrected chi connectivity index (χ4v) is 1.63. The number of aryl methyl sites for hydroxylation is 1. The summed E-state index contributed by atoms with van der Waals surface area (Å²) in [5.74, 6) is 0. The molecule has 0 unspecified atom stereocenters. The highest BCUT2D eigenvalue weighted by atomic mass is 15.0. The lowest BCUT2D eigenvalue weighted by Gasteiger charge is -2.05. The SMILES string of the molecule is C/C=C\c1ccn(CCCN)c1/C=C\C. The van der Waals surface area contributed by atoms with E-state index in [-0.39, 0.29) is 0 Å². The van der Waals surface area contributed by atoms with E-state index in [1.54, 1.807) is 0 Å². The number of allylic oxidation sites excluding steroid dienone is 2. The van der Waals surface area contributed by atoms with E-state index in [4.69, 9.17) is 5.73 Å². The molecule has 0 spiro atoms. The highest BCUT2D eigenvalue weighted by Crippen LogP contribution is 2.15. The molecule has 1 heterocycles. The standard InChI is InChI=1S/C13H20N2/c1-3-6-12-8-11-15(10-5-9-14)13(12)7-4-2/h3-4,6-8,11H,5,9-10,14H2,1-2H3/b6-3-,7-4-. The van der Waals surface area contributed by atoms with Gasteiger partial charge in [0.2, 0.25) is 0 Å². The Hall–Kier alpha value is -1.28. The Labute approximate surface area is 92.1 Å². The Kier molecular flexibility index (Phi) is 4.91. The Morgan fingerprint density at radius 1 is 1.27 bits per heavy atom. The summed E-state index contributed by atoms with van der Waals surface area (Å²) in [6, 6.07) is 2.14. The highest BCUT2D eigenvalue weighted by molar-refractivity contribution is 5.63. The first-order chi connectivity index (χ1) is 7.33. The van der Waals surface area contributed by atoms with Crippen LogP contribution in [0.4, 0.5) is 0 Å². The van der Waals surface area contributed by atoms with Crippen molar-refractivity contribution in [3.63, 3.8) is 0 Å². The molecule has 0 aromatic carbocycles. The molecule has 0 saturated heterocycles. The molecular weight excluding hydrogens is 184 g/mol. The molecule has 0 aliphatic rings. The van der Waals surface area contributed by atoms with Gasteiger partial charge in [-0.15, -0.1) is 0 Å². The van der Waals surface area contributed by atoms with Gasteiger partial charge in [-0.3, -0.25) is 0 Å². The zero-order valence-corrected chi connectivity index (χ0v) is 9.61. The van der Waals surface area contributed by atoms with Gasteiger partial charge in [-0.2, -0.15) is 0 Å². The van der Waals surface area contributed by atoms with Gasteiger partial charge in [0.05, 0.1) is 0 Å². The molecule has 1 rings (SSSR count). The van der Waals surface area contributed by atoms with Crippen LogP contribution in [0, 0.1) is 0 Å². The maximum atomic E-state index is 5.52. The van der Waals surface area contributed by atoms with Gasteiger partial charge in [0, 0.05) is 18.4 Å². The molecule has 82 valence electrons.